The van der Waals surface area contributed by atoms with E-state index >= 15 is 0 Å². The third kappa shape index (κ3) is 5.38. The smallest absolute Gasteiger partial charge is 0.236 e. The molecule has 0 radical (unpaired) electrons. The van der Waals surface area contributed by atoms with Gasteiger partial charge in [0.05, 0.1) is 5.75 Å². The Morgan fingerprint density at radius 1 is 1.33 bits per heavy atom. The maximum absolute atomic E-state index is 12.0. The molecule has 0 aliphatic rings. The number of aryl methyl sites for hydroxylation is 1. The van der Waals surface area contributed by atoms with Crippen molar-refractivity contribution in [2.45, 2.75) is 25.2 Å². The normalized spacial score (nSPS) is 10.6. The molecule has 0 saturated carbocycles. The number of carbonyl (C=O) groups excluding carboxylic acids is 1. The van der Waals surface area contributed by atoms with Crippen LogP contribution < -0.4 is 10.1 Å². The van der Waals surface area contributed by atoms with E-state index in [0.717, 1.165) is 5.75 Å². The van der Waals surface area contributed by atoms with E-state index in [4.69, 9.17) is 4.74 Å². The van der Waals surface area contributed by atoms with Crippen LogP contribution in [0, 0.1) is 6.92 Å². The summed E-state index contributed by atoms with van der Waals surface area (Å²) in [5.74, 6) is 1.44. The molecular weight excluding hydrogens is 384 g/mol. The van der Waals surface area contributed by atoms with Crippen LogP contribution in [0.25, 0.3) is 0 Å². The van der Waals surface area contributed by atoms with Crippen LogP contribution in [0.4, 0.5) is 5.13 Å². The van der Waals surface area contributed by atoms with Crippen LogP contribution in [0.5, 0.6) is 5.75 Å². The highest BCUT2D eigenvalue weighted by molar-refractivity contribution is 7.99. The first-order valence-electron chi connectivity index (χ1n) is 8.07. The fourth-order valence-corrected chi connectivity index (χ4v) is 3.37. The second kappa shape index (κ2) is 9.28. The molecule has 0 unspecified atom stereocenters. The number of hydrogen-bond donors (Lipinski definition) is 1. The molecule has 10 heteroatoms. The molecule has 0 bridgehead atoms. The molecule has 1 N–H and O–H groups in total. The Morgan fingerprint density at radius 3 is 2.85 bits per heavy atom. The molecule has 0 aliphatic carbocycles. The van der Waals surface area contributed by atoms with Crippen LogP contribution >= 0.6 is 23.1 Å². The molecule has 2 aromatic heterocycles. The first-order chi connectivity index (χ1) is 13.2. The number of rotatable bonds is 9. The highest BCUT2D eigenvalue weighted by Gasteiger charge is 2.14. The lowest BCUT2D eigenvalue weighted by Gasteiger charge is -2.09. The van der Waals surface area contributed by atoms with Crippen LogP contribution in [0.3, 0.4) is 0 Å². The van der Waals surface area contributed by atoms with Crippen molar-refractivity contribution in [1.82, 2.24) is 25.0 Å². The largest absolute Gasteiger partial charge is 0.486 e. The Kier molecular flexibility index (Phi) is 6.55. The van der Waals surface area contributed by atoms with E-state index < -0.39 is 0 Å². The second-order valence-electron chi connectivity index (χ2n) is 5.48. The molecule has 0 saturated heterocycles. The molecule has 3 aromatic rings. The van der Waals surface area contributed by atoms with Crippen LogP contribution in [0.15, 0.2) is 47.6 Å². The Bertz CT molecular complexity index is 893. The first-order valence-corrected chi connectivity index (χ1v) is 9.93. The fraction of sp³-hybridized carbons (Fsp3) is 0.235. The number of nitrogens with zero attached hydrogens (tertiary/aromatic N) is 5. The number of hydrogen-bond acceptors (Lipinski definition) is 8. The van der Waals surface area contributed by atoms with Crippen LogP contribution in [0.2, 0.25) is 0 Å². The lowest BCUT2D eigenvalue weighted by molar-refractivity contribution is -0.113. The minimum Gasteiger partial charge on any atom is -0.486 e. The summed E-state index contributed by atoms with van der Waals surface area (Å²) in [6.07, 6.45) is 1.75. The van der Waals surface area contributed by atoms with Crippen molar-refractivity contribution >= 4 is 34.1 Å². The summed E-state index contributed by atoms with van der Waals surface area (Å²) in [5.41, 5.74) is 2.73. The maximum Gasteiger partial charge on any atom is 0.236 e. The van der Waals surface area contributed by atoms with E-state index in [2.05, 4.69) is 32.3 Å². The zero-order valence-corrected chi connectivity index (χ0v) is 16.3. The Hall–Kier alpha value is -2.72. The quantitative estimate of drug-likeness (QED) is 0.434. The van der Waals surface area contributed by atoms with Crippen LogP contribution in [0.1, 0.15) is 11.4 Å². The van der Waals surface area contributed by atoms with Gasteiger partial charge in [-0.3, -0.25) is 14.7 Å². The minimum absolute atomic E-state index is 0.178. The van der Waals surface area contributed by atoms with E-state index in [0.29, 0.717) is 22.7 Å². The van der Waals surface area contributed by atoms with Gasteiger partial charge in [0.1, 0.15) is 17.9 Å². The molecule has 0 atom stereocenters. The van der Waals surface area contributed by atoms with Crippen molar-refractivity contribution in [1.29, 1.82) is 0 Å². The third-order valence-electron chi connectivity index (χ3n) is 3.43. The minimum atomic E-state index is -0.178. The average Bonchev–Trinajstić information content (AvgIpc) is 3.30. The predicted octanol–water partition coefficient (Wildman–Crippen LogP) is 2.93. The van der Waals surface area contributed by atoms with Gasteiger partial charge in [-0.2, -0.15) is 0 Å². The number of nitrogens with one attached hydrogen (secondary N) is 1. The Morgan fingerprint density at radius 2 is 2.15 bits per heavy atom. The van der Waals surface area contributed by atoms with E-state index in [1.54, 1.807) is 11.6 Å². The molecule has 3 rings (SSSR count). The Labute approximate surface area is 164 Å². The highest BCUT2D eigenvalue weighted by Crippen LogP contribution is 2.20. The van der Waals surface area contributed by atoms with Crippen molar-refractivity contribution in [2.24, 2.45) is 0 Å². The van der Waals surface area contributed by atoms with Crippen molar-refractivity contribution in [3.8, 4) is 5.75 Å². The van der Waals surface area contributed by atoms with E-state index in [9.17, 15) is 4.79 Å². The summed E-state index contributed by atoms with van der Waals surface area (Å²) in [7, 11) is 0. The zero-order chi connectivity index (χ0) is 19.1. The summed E-state index contributed by atoms with van der Waals surface area (Å²) in [5, 5.41) is 19.6. The summed E-state index contributed by atoms with van der Waals surface area (Å²) >= 11 is 2.56. The topological polar surface area (TPSA) is 94.8 Å². The molecule has 1 amide bonds. The molecule has 2 heterocycles. The number of benzene rings is 1. The molecular formula is C17H18N6O2S2. The summed E-state index contributed by atoms with van der Waals surface area (Å²) in [6.45, 7) is 6.60. The fourth-order valence-electron chi connectivity index (χ4n) is 2.14. The number of amides is 1. The van der Waals surface area contributed by atoms with Gasteiger partial charge in [-0.25, -0.2) is 0 Å². The van der Waals surface area contributed by atoms with Crippen LogP contribution in [-0.4, -0.2) is 36.6 Å². The second-order valence-corrected chi connectivity index (χ2v) is 7.26. The van der Waals surface area contributed by atoms with Crippen molar-refractivity contribution in [2.75, 3.05) is 11.1 Å². The maximum atomic E-state index is 12.0. The number of anilines is 1. The van der Waals surface area contributed by atoms with E-state index in [-0.39, 0.29) is 18.3 Å². The number of carbonyl (C=O) groups is 1. The summed E-state index contributed by atoms with van der Waals surface area (Å²) in [6, 6.07) is 7.80. The first kappa shape index (κ1) is 19.1. The van der Waals surface area contributed by atoms with Gasteiger partial charge in [-0.15, -0.1) is 27.0 Å². The number of aromatic nitrogens is 5. The lowest BCUT2D eigenvalue weighted by atomic mass is 10.2. The van der Waals surface area contributed by atoms with E-state index in [1.165, 1.54) is 28.7 Å². The number of ether oxygens (including phenoxy) is 1. The van der Waals surface area contributed by atoms with Gasteiger partial charge in [0, 0.05) is 6.54 Å². The van der Waals surface area contributed by atoms with Gasteiger partial charge < -0.3 is 4.74 Å². The van der Waals surface area contributed by atoms with Crippen molar-refractivity contribution in [3.63, 3.8) is 0 Å². The van der Waals surface area contributed by atoms with Crippen molar-refractivity contribution in [3.05, 3.63) is 53.8 Å². The van der Waals surface area contributed by atoms with Crippen molar-refractivity contribution < 1.29 is 9.53 Å². The number of allylic oxidation sites excluding steroid dienone is 1. The summed E-state index contributed by atoms with van der Waals surface area (Å²) < 4.78 is 7.66. The summed E-state index contributed by atoms with van der Waals surface area (Å²) in [4.78, 5) is 12.0. The monoisotopic (exact) mass is 402 g/mol. The van der Waals surface area contributed by atoms with Gasteiger partial charge in [-0.05, 0) is 19.1 Å². The molecule has 1 aromatic carbocycles. The van der Waals surface area contributed by atoms with Gasteiger partial charge in [-0.1, -0.05) is 46.9 Å². The third-order valence-corrected chi connectivity index (χ3v) is 5.01. The van der Waals surface area contributed by atoms with Gasteiger partial charge in [0.15, 0.2) is 11.0 Å². The zero-order valence-electron chi connectivity index (χ0n) is 14.7. The van der Waals surface area contributed by atoms with Gasteiger partial charge >= 0.3 is 0 Å². The van der Waals surface area contributed by atoms with Gasteiger partial charge in [0.2, 0.25) is 11.0 Å². The molecule has 0 fully saturated rings. The number of thioether (sulfide) groups is 1. The highest BCUT2D eigenvalue weighted by atomic mass is 32.2. The molecule has 27 heavy (non-hydrogen) atoms. The molecule has 140 valence electrons. The molecule has 8 nitrogen and oxygen atoms in total. The van der Waals surface area contributed by atoms with Gasteiger partial charge in [0.25, 0.3) is 0 Å². The predicted molar refractivity (Wildman–Crippen MR) is 105 cm³/mol. The average molecular weight is 403 g/mol. The Balaban J connectivity index is 1.60. The lowest BCUT2D eigenvalue weighted by Crippen LogP contribution is -2.15. The molecule has 0 spiro atoms. The SMILES string of the molecule is C=CCn1c(COc2ccc(C)cc2)nnc1SCC(=O)Nc1nncs1. The standard InChI is InChI=1S/C17H18N6O2S2/c1-3-8-23-14(9-25-13-6-4-12(2)5-7-13)20-22-17(23)26-10-15(24)19-16-21-18-11-27-16/h3-7,11H,1,8-10H2,2H3,(H,19,21,24). The van der Waals surface area contributed by atoms with E-state index in [1.807, 2.05) is 35.8 Å². The van der Waals surface area contributed by atoms with Crippen LogP contribution in [-0.2, 0) is 17.9 Å². The molecule has 0 aliphatic heterocycles.